The second-order valence-corrected chi connectivity index (χ2v) is 4.75. The fraction of sp³-hybridized carbons (Fsp3) is 0.125. The highest BCUT2D eigenvalue weighted by Gasteiger charge is 2.20. The van der Waals surface area contributed by atoms with Gasteiger partial charge in [-0.3, -0.25) is 4.98 Å². The zero-order valence-corrected chi connectivity index (χ0v) is 10.5. The maximum absolute atomic E-state index is 4.72. The number of fused-ring (bicyclic) bond motifs is 2. The summed E-state index contributed by atoms with van der Waals surface area (Å²) in [6, 6.07) is 16.5. The molecule has 3 nitrogen and oxygen atoms in total. The maximum atomic E-state index is 4.72. The minimum absolute atomic E-state index is 0.934. The summed E-state index contributed by atoms with van der Waals surface area (Å²) in [4.78, 5) is 11.5. The molecule has 3 heteroatoms. The molecule has 0 radical (unpaired) electrons. The monoisotopic (exact) mass is 247 g/mol. The molecular weight excluding hydrogens is 234 g/mol. The Balaban J connectivity index is 1.83. The number of aromatic nitrogens is 2. The molecule has 92 valence electrons. The summed E-state index contributed by atoms with van der Waals surface area (Å²) in [5, 5.41) is 0. The van der Waals surface area contributed by atoms with Crippen molar-refractivity contribution in [2.75, 3.05) is 11.4 Å². The van der Waals surface area contributed by atoms with Crippen molar-refractivity contribution in [1.29, 1.82) is 0 Å². The van der Waals surface area contributed by atoms with E-state index in [4.69, 9.17) is 4.98 Å². The smallest absolute Gasteiger partial charge is 0.152 e. The third kappa shape index (κ3) is 1.66. The highest BCUT2D eigenvalue weighted by atomic mass is 15.2. The molecule has 2 heterocycles. The van der Waals surface area contributed by atoms with Crippen molar-refractivity contribution in [2.45, 2.75) is 6.42 Å². The van der Waals surface area contributed by atoms with Crippen molar-refractivity contribution in [3.05, 3.63) is 60.3 Å². The number of para-hydroxylation sites is 3. The van der Waals surface area contributed by atoms with Gasteiger partial charge >= 0.3 is 0 Å². The molecule has 0 amide bonds. The molecule has 0 bridgehead atoms. The van der Waals surface area contributed by atoms with E-state index in [0.717, 1.165) is 29.8 Å². The molecule has 0 spiro atoms. The molecule has 1 aliphatic rings. The number of benzene rings is 2. The Kier molecular flexibility index (Phi) is 2.24. The lowest BCUT2D eigenvalue weighted by Crippen LogP contribution is -2.15. The van der Waals surface area contributed by atoms with Crippen LogP contribution >= 0.6 is 0 Å². The summed E-state index contributed by atoms with van der Waals surface area (Å²) in [6.07, 6.45) is 2.94. The van der Waals surface area contributed by atoms with Crippen molar-refractivity contribution in [1.82, 2.24) is 9.97 Å². The summed E-state index contributed by atoms with van der Waals surface area (Å²) >= 11 is 0. The van der Waals surface area contributed by atoms with Gasteiger partial charge in [-0.15, -0.1) is 0 Å². The molecule has 3 aromatic rings. The van der Waals surface area contributed by atoms with Gasteiger partial charge in [0.15, 0.2) is 5.82 Å². The van der Waals surface area contributed by atoms with Crippen molar-refractivity contribution in [3.63, 3.8) is 0 Å². The minimum atomic E-state index is 0.934. The number of nitrogens with zero attached hydrogens (tertiary/aromatic N) is 3. The van der Waals surface area contributed by atoms with Gasteiger partial charge < -0.3 is 4.90 Å². The summed E-state index contributed by atoms with van der Waals surface area (Å²) in [7, 11) is 0. The van der Waals surface area contributed by atoms with E-state index in [2.05, 4.69) is 34.1 Å². The van der Waals surface area contributed by atoms with Gasteiger partial charge in [0.1, 0.15) is 0 Å². The van der Waals surface area contributed by atoms with Crippen molar-refractivity contribution in [2.24, 2.45) is 0 Å². The van der Waals surface area contributed by atoms with Gasteiger partial charge in [0.2, 0.25) is 0 Å². The largest absolute Gasteiger partial charge is 0.324 e. The molecule has 0 saturated heterocycles. The van der Waals surface area contributed by atoms with Crippen LogP contribution in [-0.2, 0) is 6.42 Å². The Hall–Kier alpha value is -2.42. The van der Waals surface area contributed by atoms with Crippen LogP contribution in [0.4, 0.5) is 11.5 Å². The number of hydrogen-bond acceptors (Lipinski definition) is 3. The van der Waals surface area contributed by atoms with Gasteiger partial charge in [-0.1, -0.05) is 30.3 Å². The molecule has 2 aromatic carbocycles. The van der Waals surface area contributed by atoms with Crippen LogP contribution < -0.4 is 4.90 Å². The summed E-state index contributed by atoms with van der Waals surface area (Å²) in [5.41, 5.74) is 4.53. The lowest BCUT2D eigenvalue weighted by atomic mass is 10.2. The molecular formula is C16H13N3. The Morgan fingerprint density at radius 3 is 2.63 bits per heavy atom. The average molecular weight is 247 g/mol. The topological polar surface area (TPSA) is 29.0 Å². The van der Waals surface area contributed by atoms with E-state index in [9.17, 15) is 0 Å². The van der Waals surface area contributed by atoms with E-state index in [1.807, 2.05) is 30.5 Å². The lowest BCUT2D eigenvalue weighted by Gasteiger charge is -2.18. The standard InChI is InChI=1S/C16H13N3/c1-4-8-15-12(5-1)9-10-19(15)16-11-17-13-6-2-3-7-14(13)18-16/h1-8,11H,9-10H2. The zero-order valence-electron chi connectivity index (χ0n) is 10.5. The van der Waals surface area contributed by atoms with E-state index in [-0.39, 0.29) is 0 Å². The first-order valence-electron chi connectivity index (χ1n) is 6.49. The molecule has 0 saturated carbocycles. The van der Waals surface area contributed by atoms with Crippen LogP contribution in [0.2, 0.25) is 0 Å². The van der Waals surface area contributed by atoms with Crippen LogP contribution in [0, 0.1) is 0 Å². The van der Waals surface area contributed by atoms with Crippen LogP contribution in [0.5, 0.6) is 0 Å². The van der Waals surface area contributed by atoms with E-state index in [1.165, 1.54) is 11.3 Å². The van der Waals surface area contributed by atoms with Crippen LogP contribution in [0.1, 0.15) is 5.56 Å². The molecule has 1 aliphatic heterocycles. The van der Waals surface area contributed by atoms with Crippen molar-refractivity contribution < 1.29 is 0 Å². The Morgan fingerprint density at radius 2 is 1.68 bits per heavy atom. The molecule has 0 aliphatic carbocycles. The van der Waals surface area contributed by atoms with Gasteiger partial charge in [0, 0.05) is 12.2 Å². The summed E-state index contributed by atoms with van der Waals surface area (Å²) in [6.45, 7) is 0.979. The molecule has 19 heavy (non-hydrogen) atoms. The van der Waals surface area contributed by atoms with Gasteiger partial charge in [-0.2, -0.15) is 0 Å². The van der Waals surface area contributed by atoms with Crippen molar-refractivity contribution in [3.8, 4) is 0 Å². The molecule has 0 fully saturated rings. The number of hydrogen-bond donors (Lipinski definition) is 0. The third-order valence-electron chi connectivity index (χ3n) is 3.60. The lowest BCUT2D eigenvalue weighted by molar-refractivity contribution is 0.973. The maximum Gasteiger partial charge on any atom is 0.152 e. The van der Waals surface area contributed by atoms with Gasteiger partial charge in [0.25, 0.3) is 0 Å². The molecule has 0 unspecified atom stereocenters. The highest BCUT2D eigenvalue weighted by molar-refractivity contribution is 5.77. The van der Waals surface area contributed by atoms with Gasteiger partial charge in [-0.25, -0.2) is 4.98 Å². The second kappa shape index (κ2) is 4.05. The highest BCUT2D eigenvalue weighted by Crippen LogP contribution is 2.33. The normalized spacial score (nSPS) is 13.8. The molecule has 0 N–H and O–H groups in total. The van der Waals surface area contributed by atoms with E-state index >= 15 is 0 Å². The van der Waals surface area contributed by atoms with Crippen LogP contribution in [0.15, 0.2) is 54.7 Å². The Morgan fingerprint density at radius 1 is 0.895 bits per heavy atom. The zero-order chi connectivity index (χ0) is 12.7. The first kappa shape index (κ1) is 10.5. The first-order valence-corrected chi connectivity index (χ1v) is 6.49. The second-order valence-electron chi connectivity index (χ2n) is 4.75. The van der Waals surface area contributed by atoms with E-state index in [0.29, 0.717) is 0 Å². The first-order chi connectivity index (χ1) is 9.42. The summed E-state index contributed by atoms with van der Waals surface area (Å²) in [5.74, 6) is 0.934. The van der Waals surface area contributed by atoms with Gasteiger partial charge in [-0.05, 0) is 30.2 Å². The quantitative estimate of drug-likeness (QED) is 0.660. The van der Waals surface area contributed by atoms with Gasteiger partial charge in [0.05, 0.1) is 17.2 Å². The van der Waals surface area contributed by atoms with Crippen molar-refractivity contribution >= 4 is 22.5 Å². The average Bonchev–Trinajstić information content (AvgIpc) is 2.91. The number of anilines is 2. The van der Waals surface area contributed by atoms with E-state index in [1.54, 1.807) is 0 Å². The van der Waals surface area contributed by atoms with E-state index < -0.39 is 0 Å². The van der Waals surface area contributed by atoms with Crippen LogP contribution in [-0.4, -0.2) is 16.5 Å². The van der Waals surface area contributed by atoms with Crippen LogP contribution in [0.3, 0.4) is 0 Å². The fourth-order valence-corrected chi connectivity index (χ4v) is 2.65. The molecule has 0 atom stereocenters. The fourth-order valence-electron chi connectivity index (χ4n) is 2.65. The third-order valence-corrected chi connectivity index (χ3v) is 3.60. The Labute approximate surface area is 111 Å². The predicted octanol–water partition coefficient (Wildman–Crippen LogP) is 3.32. The Bertz CT molecular complexity index is 752. The predicted molar refractivity (Wildman–Crippen MR) is 76.7 cm³/mol. The summed E-state index contributed by atoms with van der Waals surface area (Å²) < 4.78 is 0. The van der Waals surface area contributed by atoms with Crippen LogP contribution in [0.25, 0.3) is 11.0 Å². The number of rotatable bonds is 1. The SMILES string of the molecule is c1ccc2c(c1)CCN2c1cnc2ccccc2n1. The molecule has 4 rings (SSSR count). The molecule has 1 aromatic heterocycles. The minimum Gasteiger partial charge on any atom is -0.324 e.